The van der Waals surface area contributed by atoms with Crippen LogP contribution in [-0.2, 0) is 20.7 Å². The standard InChI is InChI=1S/C32H37NO5/c1-31(2,3)37-22-17-15-21(16-18-22)19-28(29(34)38-32(4,5)6)33-30(35)36-20-27-25-13-9-7-11-23(25)24-12-8-10-14-26(24)27/h7-18,27-28H,19-20H2,1-6H3,(H,33,35)/t28-/m0/s1. The van der Waals surface area contributed by atoms with Crippen LogP contribution in [0.3, 0.4) is 0 Å². The van der Waals surface area contributed by atoms with Crippen LogP contribution in [-0.4, -0.2) is 35.9 Å². The molecule has 3 aromatic carbocycles. The Balaban J connectivity index is 1.45. The molecule has 6 heteroatoms. The number of carbonyl (C=O) groups excluding carboxylic acids is 2. The summed E-state index contributed by atoms with van der Waals surface area (Å²) in [6.45, 7) is 11.5. The number of ether oxygens (including phenoxy) is 3. The Bertz CT molecular complexity index is 1240. The molecule has 0 radical (unpaired) electrons. The summed E-state index contributed by atoms with van der Waals surface area (Å²) in [6.07, 6.45) is -0.398. The average Bonchev–Trinajstić information content (AvgIpc) is 3.15. The van der Waals surface area contributed by atoms with Gasteiger partial charge in [-0.25, -0.2) is 9.59 Å². The zero-order valence-electron chi connectivity index (χ0n) is 23.0. The highest BCUT2D eigenvalue weighted by molar-refractivity contribution is 5.82. The number of hydrogen-bond donors (Lipinski definition) is 1. The molecule has 4 rings (SSSR count). The van der Waals surface area contributed by atoms with Crippen LogP contribution in [0.4, 0.5) is 4.79 Å². The maximum absolute atomic E-state index is 13.0. The number of rotatable bonds is 7. The molecule has 6 nitrogen and oxygen atoms in total. The van der Waals surface area contributed by atoms with Crippen molar-refractivity contribution >= 4 is 12.1 Å². The Kier molecular flexibility index (Phi) is 7.81. The highest BCUT2D eigenvalue weighted by Crippen LogP contribution is 2.44. The maximum Gasteiger partial charge on any atom is 0.407 e. The summed E-state index contributed by atoms with van der Waals surface area (Å²) in [4.78, 5) is 26.0. The summed E-state index contributed by atoms with van der Waals surface area (Å²) < 4.78 is 17.2. The number of hydrogen-bond acceptors (Lipinski definition) is 5. The Morgan fingerprint density at radius 2 is 1.34 bits per heavy atom. The third-order valence-electron chi connectivity index (χ3n) is 6.11. The minimum atomic E-state index is -0.903. The summed E-state index contributed by atoms with van der Waals surface area (Å²) in [6, 6.07) is 22.9. The van der Waals surface area contributed by atoms with E-state index < -0.39 is 23.7 Å². The summed E-state index contributed by atoms with van der Waals surface area (Å²) in [5.74, 6) is 0.157. The van der Waals surface area contributed by atoms with Gasteiger partial charge in [-0.05, 0) is 81.5 Å². The molecule has 0 aromatic heterocycles. The normalized spacial score (nSPS) is 13.7. The van der Waals surface area contributed by atoms with Gasteiger partial charge in [0.15, 0.2) is 0 Å². The molecule has 1 aliphatic rings. The molecule has 0 saturated heterocycles. The minimum absolute atomic E-state index is 0.0662. The van der Waals surface area contributed by atoms with Crippen LogP contribution in [0.2, 0.25) is 0 Å². The van der Waals surface area contributed by atoms with Crippen molar-refractivity contribution in [1.82, 2.24) is 5.32 Å². The minimum Gasteiger partial charge on any atom is -0.488 e. The van der Waals surface area contributed by atoms with Crippen LogP contribution in [0.1, 0.15) is 64.2 Å². The lowest BCUT2D eigenvalue weighted by molar-refractivity contribution is -0.157. The summed E-state index contributed by atoms with van der Waals surface area (Å²) >= 11 is 0. The van der Waals surface area contributed by atoms with Crippen molar-refractivity contribution in [2.75, 3.05) is 6.61 Å². The van der Waals surface area contributed by atoms with Gasteiger partial charge in [-0.15, -0.1) is 0 Å². The first-order valence-electron chi connectivity index (χ1n) is 13.0. The number of amides is 1. The van der Waals surface area contributed by atoms with E-state index in [9.17, 15) is 9.59 Å². The van der Waals surface area contributed by atoms with Crippen LogP contribution in [0, 0.1) is 0 Å². The number of alkyl carbamates (subject to hydrolysis) is 1. The number of benzene rings is 3. The van der Waals surface area contributed by atoms with Gasteiger partial charge >= 0.3 is 12.1 Å². The Labute approximate surface area is 225 Å². The molecule has 0 heterocycles. The Hall–Kier alpha value is -3.80. The van der Waals surface area contributed by atoms with Gasteiger partial charge in [-0.3, -0.25) is 0 Å². The highest BCUT2D eigenvalue weighted by Gasteiger charge is 2.31. The molecule has 1 aliphatic carbocycles. The molecule has 0 saturated carbocycles. The smallest absolute Gasteiger partial charge is 0.407 e. The number of nitrogens with one attached hydrogen (secondary N) is 1. The Morgan fingerprint density at radius 3 is 1.87 bits per heavy atom. The van der Waals surface area contributed by atoms with Crippen molar-refractivity contribution < 1.29 is 23.8 Å². The van der Waals surface area contributed by atoms with Crippen LogP contribution in [0.5, 0.6) is 5.75 Å². The van der Waals surface area contributed by atoms with Crippen LogP contribution < -0.4 is 10.1 Å². The monoisotopic (exact) mass is 515 g/mol. The lowest BCUT2D eigenvalue weighted by Crippen LogP contribution is -2.46. The number of carbonyl (C=O) groups is 2. The van der Waals surface area contributed by atoms with E-state index in [2.05, 4.69) is 29.6 Å². The largest absolute Gasteiger partial charge is 0.488 e. The molecule has 38 heavy (non-hydrogen) atoms. The lowest BCUT2D eigenvalue weighted by Gasteiger charge is -2.25. The second-order valence-corrected chi connectivity index (χ2v) is 11.6. The van der Waals surface area contributed by atoms with Gasteiger partial charge in [0.1, 0.15) is 29.6 Å². The average molecular weight is 516 g/mol. The maximum atomic E-state index is 13.0. The molecule has 1 amide bonds. The van der Waals surface area contributed by atoms with E-state index in [0.717, 1.165) is 33.6 Å². The number of esters is 1. The first-order chi connectivity index (χ1) is 17.9. The predicted octanol–water partition coefficient (Wildman–Crippen LogP) is 6.66. The van der Waals surface area contributed by atoms with E-state index in [0.29, 0.717) is 0 Å². The molecule has 1 N–H and O–H groups in total. The van der Waals surface area contributed by atoms with E-state index in [1.807, 2.05) is 69.3 Å². The third kappa shape index (κ3) is 6.94. The second-order valence-electron chi connectivity index (χ2n) is 11.6. The van der Waals surface area contributed by atoms with E-state index in [4.69, 9.17) is 14.2 Å². The van der Waals surface area contributed by atoms with Gasteiger partial charge in [-0.1, -0.05) is 60.7 Å². The van der Waals surface area contributed by atoms with Gasteiger partial charge in [-0.2, -0.15) is 0 Å². The SMILES string of the molecule is CC(C)(C)OC(=O)[C@H](Cc1ccc(OC(C)(C)C)cc1)NC(=O)OCC1c2ccccc2-c2ccccc21. The summed E-state index contributed by atoms with van der Waals surface area (Å²) in [7, 11) is 0. The molecule has 0 unspecified atom stereocenters. The van der Waals surface area contributed by atoms with Crippen molar-refractivity contribution in [3.63, 3.8) is 0 Å². The van der Waals surface area contributed by atoms with Gasteiger partial charge in [0.25, 0.3) is 0 Å². The van der Waals surface area contributed by atoms with Crippen molar-refractivity contribution in [3.05, 3.63) is 89.5 Å². The third-order valence-corrected chi connectivity index (χ3v) is 6.11. The second kappa shape index (κ2) is 10.9. The molecule has 0 spiro atoms. The summed E-state index contributed by atoms with van der Waals surface area (Å²) in [5.41, 5.74) is 4.42. The van der Waals surface area contributed by atoms with E-state index >= 15 is 0 Å². The van der Waals surface area contributed by atoms with Crippen LogP contribution in [0.25, 0.3) is 11.1 Å². The molecule has 200 valence electrons. The molecule has 0 aliphatic heterocycles. The fourth-order valence-corrected chi connectivity index (χ4v) is 4.63. The van der Waals surface area contributed by atoms with Crippen molar-refractivity contribution in [1.29, 1.82) is 0 Å². The molecule has 0 bridgehead atoms. The van der Waals surface area contributed by atoms with Crippen molar-refractivity contribution in [2.24, 2.45) is 0 Å². The molecule has 3 aromatic rings. The molecule has 0 fully saturated rings. The lowest BCUT2D eigenvalue weighted by atomic mass is 9.98. The van der Waals surface area contributed by atoms with Gasteiger partial charge in [0, 0.05) is 12.3 Å². The van der Waals surface area contributed by atoms with Crippen LogP contribution >= 0.6 is 0 Å². The van der Waals surface area contributed by atoms with E-state index in [1.165, 1.54) is 0 Å². The fourth-order valence-electron chi connectivity index (χ4n) is 4.63. The quantitative estimate of drug-likeness (QED) is 0.356. The zero-order valence-corrected chi connectivity index (χ0v) is 23.0. The topological polar surface area (TPSA) is 73.9 Å². The van der Waals surface area contributed by atoms with Gasteiger partial charge < -0.3 is 19.5 Å². The first-order valence-corrected chi connectivity index (χ1v) is 13.0. The summed E-state index contributed by atoms with van der Waals surface area (Å²) in [5, 5.41) is 2.75. The van der Waals surface area contributed by atoms with Crippen molar-refractivity contribution in [2.45, 2.75) is 71.1 Å². The number of fused-ring (bicyclic) bond motifs is 3. The zero-order chi connectivity index (χ0) is 27.5. The van der Waals surface area contributed by atoms with Crippen molar-refractivity contribution in [3.8, 4) is 16.9 Å². The molecular weight excluding hydrogens is 478 g/mol. The Morgan fingerprint density at radius 1 is 0.789 bits per heavy atom. The van der Waals surface area contributed by atoms with Gasteiger partial charge in [0.2, 0.25) is 0 Å². The van der Waals surface area contributed by atoms with E-state index in [1.54, 1.807) is 20.8 Å². The first kappa shape index (κ1) is 27.2. The predicted molar refractivity (Wildman–Crippen MR) is 148 cm³/mol. The fraction of sp³-hybridized carbons (Fsp3) is 0.375. The molecule has 1 atom stereocenters. The van der Waals surface area contributed by atoms with Gasteiger partial charge in [0.05, 0.1) is 0 Å². The highest BCUT2D eigenvalue weighted by atomic mass is 16.6. The van der Waals surface area contributed by atoms with E-state index in [-0.39, 0.29) is 24.5 Å². The van der Waals surface area contributed by atoms with Crippen LogP contribution in [0.15, 0.2) is 72.8 Å². The molecular formula is C32H37NO5.